The lowest BCUT2D eigenvalue weighted by Gasteiger charge is -2.33. The maximum atomic E-state index is 12.9. The summed E-state index contributed by atoms with van der Waals surface area (Å²) in [6, 6.07) is 3.10. The standard InChI is InChI=1S/C17H20N4O4/c1-11-19-20-16(25-11)14-10-23-7-6-21(14)17(22)13-4-5-15(18-8-13)24-9-12-2-3-12/h4-5,8,12,14H,2-3,6-7,9-10H2,1H3/t14-/m0/s1. The third kappa shape index (κ3) is 3.63. The Bertz CT molecular complexity index is 741. The van der Waals surface area contributed by atoms with Crippen LogP contribution in [0.15, 0.2) is 22.7 Å². The molecule has 0 radical (unpaired) electrons. The van der Waals surface area contributed by atoms with Gasteiger partial charge in [-0.25, -0.2) is 4.98 Å². The van der Waals surface area contributed by atoms with Gasteiger partial charge in [0, 0.05) is 25.7 Å². The molecule has 2 fully saturated rings. The van der Waals surface area contributed by atoms with Crippen LogP contribution < -0.4 is 4.74 Å². The molecule has 25 heavy (non-hydrogen) atoms. The number of pyridine rings is 1. The minimum Gasteiger partial charge on any atom is -0.477 e. The molecule has 0 unspecified atom stereocenters. The average molecular weight is 344 g/mol. The number of amides is 1. The Morgan fingerprint density at radius 1 is 1.36 bits per heavy atom. The summed E-state index contributed by atoms with van der Waals surface area (Å²) in [5.74, 6) is 1.93. The molecule has 1 atom stereocenters. The second-order valence-corrected chi connectivity index (χ2v) is 6.39. The lowest BCUT2D eigenvalue weighted by molar-refractivity contribution is -0.0106. The lowest BCUT2D eigenvalue weighted by Crippen LogP contribution is -2.43. The van der Waals surface area contributed by atoms with Crippen LogP contribution >= 0.6 is 0 Å². The van der Waals surface area contributed by atoms with Gasteiger partial charge in [0.1, 0.15) is 6.04 Å². The summed E-state index contributed by atoms with van der Waals surface area (Å²) in [6.07, 6.45) is 4.00. The van der Waals surface area contributed by atoms with E-state index in [0.29, 0.717) is 55.5 Å². The zero-order valence-corrected chi connectivity index (χ0v) is 14.1. The van der Waals surface area contributed by atoms with E-state index in [1.807, 2.05) is 0 Å². The summed E-state index contributed by atoms with van der Waals surface area (Å²) in [6.45, 7) is 3.69. The number of rotatable bonds is 5. The van der Waals surface area contributed by atoms with Crippen molar-refractivity contribution in [3.05, 3.63) is 35.7 Å². The van der Waals surface area contributed by atoms with Crippen molar-refractivity contribution in [3.63, 3.8) is 0 Å². The van der Waals surface area contributed by atoms with Crippen LogP contribution in [0.5, 0.6) is 5.88 Å². The van der Waals surface area contributed by atoms with Crippen molar-refractivity contribution in [3.8, 4) is 5.88 Å². The molecule has 0 bridgehead atoms. The third-order valence-corrected chi connectivity index (χ3v) is 4.36. The van der Waals surface area contributed by atoms with Crippen LogP contribution in [0.4, 0.5) is 0 Å². The van der Waals surface area contributed by atoms with Gasteiger partial charge >= 0.3 is 0 Å². The quantitative estimate of drug-likeness (QED) is 0.816. The number of carbonyl (C=O) groups is 1. The SMILES string of the molecule is Cc1nnc([C@@H]2COCCN2C(=O)c2ccc(OCC3CC3)nc2)o1. The van der Waals surface area contributed by atoms with Gasteiger partial charge in [-0.1, -0.05) is 0 Å². The molecule has 1 aliphatic carbocycles. The highest BCUT2D eigenvalue weighted by Gasteiger charge is 2.33. The minimum absolute atomic E-state index is 0.134. The predicted octanol–water partition coefficient (Wildman–Crippen LogP) is 1.78. The number of aromatic nitrogens is 3. The Balaban J connectivity index is 1.47. The molecule has 132 valence electrons. The molecule has 2 aromatic heterocycles. The first kappa shape index (κ1) is 16.0. The largest absolute Gasteiger partial charge is 0.477 e. The van der Waals surface area contributed by atoms with E-state index in [1.54, 1.807) is 30.2 Å². The van der Waals surface area contributed by atoms with Crippen molar-refractivity contribution >= 4 is 5.91 Å². The second-order valence-electron chi connectivity index (χ2n) is 6.39. The van der Waals surface area contributed by atoms with E-state index in [9.17, 15) is 4.79 Å². The van der Waals surface area contributed by atoms with E-state index >= 15 is 0 Å². The minimum atomic E-state index is -0.381. The number of aryl methyl sites for hydroxylation is 1. The Morgan fingerprint density at radius 2 is 2.24 bits per heavy atom. The van der Waals surface area contributed by atoms with E-state index in [4.69, 9.17) is 13.9 Å². The van der Waals surface area contributed by atoms with Crippen molar-refractivity contribution in [2.45, 2.75) is 25.8 Å². The molecule has 1 saturated carbocycles. The fourth-order valence-corrected chi connectivity index (χ4v) is 2.74. The van der Waals surface area contributed by atoms with E-state index in [1.165, 1.54) is 12.8 Å². The fourth-order valence-electron chi connectivity index (χ4n) is 2.74. The molecular weight excluding hydrogens is 324 g/mol. The Labute approximate surface area is 145 Å². The van der Waals surface area contributed by atoms with E-state index in [-0.39, 0.29) is 11.9 Å². The first-order valence-electron chi connectivity index (χ1n) is 8.48. The highest BCUT2D eigenvalue weighted by atomic mass is 16.5. The molecule has 4 rings (SSSR count). The second kappa shape index (κ2) is 6.79. The van der Waals surface area contributed by atoms with Gasteiger partial charge < -0.3 is 18.8 Å². The van der Waals surface area contributed by atoms with Gasteiger partial charge in [-0.15, -0.1) is 10.2 Å². The zero-order valence-electron chi connectivity index (χ0n) is 14.1. The van der Waals surface area contributed by atoms with Gasteiger partial charge in [0.25, 0.3) is 5.91 Å². The van der Waals surface area contributed by atoms with Crippen LogP contribution in [0.3, 0.4) is 0 Å². The summed E-state index contributed by atoms with van der Waals surface area (Å²) in [5.41, 5.74) is 0.502. The lowest BCUT2D eigenvalue weighted by atomic mass is 10.1. The molecule has 1 amide bonds. The van der Waals surface area contributed by atoms with Gasteiger partial charge in [-0.05, 0) is 24.8 Å². The van der Waals surface area contributed by atoms with Gasteiger partial charge in [-0.3, -0.25) is 4.79 Å². The number of carbonyl (C=O) groups excluding carboxylic acids is 1. The number of nitrogens with zero attached hydrogens (tertiary/aromatic N) is 4. The smallest absolute Gasteiger partial charge is 0.256 e. The molecule has 1 aliphatic heterocycles. The van der Waals surface area contributed by atoms with E-state index < -0.39 is 0 Å². The molecule has 0 N–H and O–H groups in total. The molecule has 3 heterocycles. The number of hydrogen-bond acceptors (Lipinski definition) is 7. The van der Waals surface area contributed by atoms with Crippen molar-refractivity contribution in [1.82, 2.24) is 20.1 Å². The van der Waals surface area contributed by atoms with Crippen molar-refractivity contribution in [1.29, 1.82) is 0 Å². The van der Waals surface area contributed by atoms with Crippen LogP contribution in [0.2, 0.25) is 0 Å². The van der Waals surface area contributed by atoms with Crippen molar-refractivity contribution < 1.29 is 18.7 Å². The van der Waals surface area contributed by atoms with Gasteiger partial charge in [0.05, 0.1) is 25.4 Å². The first-order valence-corrected chi connectivity index (χ1v) is 8.48. The van der Waals surface area contributed by atoms with E-state index in [0.717, 1.165) is 0 Å². The van der Waals surface area contributed by atoms with Gasteiger partial charge in [-0.2, -0.15) is 0 Å². The molecular formula is C17H20N4O4. The predicted molar refractivity (Wildman–Crippen MR) is 86.1 cm³/mol. The Kier molecular flexibility index (Phi) is 4.35. The molecule has 2 aliphatic rings. The van der Waals surface area contributed by atoms with Gasteiger partial charge in [0.2, 0.25) is 17.7 Å². The Morgan fingerprint density at radius 3 is 2.92 bits per heavy atom. The third-order valence-electron chi connectivity index (χ3n) is 4.36. The first-order chi connectivity index (χ1) is 12.2. The maximum absolute atomic E-state index is 12.9. The number of ether oxygens (including phenoxy) is 2. The number of morpholine rings is 1. The molecule has 0 spiro atoms. The molecule has 8 nitrogen and oxygen atoms in total. The molecule has 8 heteroatoms. The molecule has 2 aromatic rings. The van der Waals surface area contributed by atoms with Crippen molar-refractivity contribution in [2.24, 2.45) is 5.92 Å². The van der Waals surface area contributed by atoms with Gasteiger partial charge in [0.15, 0.2) is 0 Å². The molecule has 1 saturated heterocycles. The van der Waals surface area contributed by atoms with Crippen LogP contribution in [-0.2, 0) is 4.74 Å². The maximum Gasteiger partial charge on any atom is 0.256 e. The van der Waals surface area contributed by atoms with Crippen LogP contribution in [-0.4, -0.2) is 52.4 Å². The average Bonchev–Trinajstić information content (AvgIpc) is 3.39. The number of hydrogen-bond donors (Lipinski definition) is 0. The summed E-state index contributed by atoms with van der Waals surface area (Å²) in [5, 5.41) is 7.87. The highest BCUT2D eigenvalue weighted by Crippen LogP contribution is 2.29. The topological polar surface area (TPSA) is 90.6 Å². The summed E-state index contributed by atoms with van der Waals surface area (Å²) >= 11 is 0. The highest BCUT2D eigenvalue weighted by molar-refractivity contribution is 5.94. The van der Waals surface area contributed by atoms with Crippen LogP contribution in [0.25, 0.3) is 0 Å². The van der Waals surface area contributed by atoms with Crippen LogP contribution in [0, 0.1) is 12.8 Å². The zero-order chi connectivity index (χ0) is 17.2. The summed E-state index contributed by atoms with van der Waals surface area (Å²) in [7, 11) is 0. The Hall–Kier alpha value is -2.48. The summed E-state index contributed by atoms with van der Waals surface area (Å²) < 4.78 is 16.6. The normalized spacial score (nSPS) is 20.5. The summed E-state index contributed by atoms with van der Waals surface area (Å²) in [4.78, 5) is 18.8. The van der Waals surface area contributed by atoms with E-state index in [2.05, 4.69) is 15.2 Å². The monoisotopic (exact) mass is 344 g/mol. The molecule has 0 aromatic carbocycles. The van der Waals surface area contributed by atoms with Crippen molar-refractivity contribution in [2.75, 3.05) is 26.4 Å². The van der Waals surface area contributed by atoms with Crippen LogP contribution in [0.1, 0.15) is 41.0 Å². The fraction of sp³-hybridized carbons (Fsp3) is 0.529.